The molecule has 0 saturated carbocycles. The Balaban J connectivity index is 2.49. The molecule has 3 N–H and O–H groups in total. The number of terminal acetylenes is 1. The van der Waals surface area contributed by atoms with Crippen LogP contribution in [0, 0.1) is 25.3 Å². The van der Waals surface area contributed by atoms with Crippen LogP contribution in [0.25, 0.3) is 0 Å². The van der Waals surface area contributed by atoms with Crippen LogP contribution in [0.1, 0.15) is 58.2 Å². The molecule has 0 heterocycles. The molecule has 0 aliphatic carbocycles. The number of halogens is 1. The van der Waals surface area contributed by atoms with E-state index >= 15 is 0 Å². The molecule has 3 amide bonds. The van der Waals surface area contributed by atoms with Gasteiger partial charge in [0.15, 0.2) is 0 Å². The van der Waals surface area contributed by atoms with Crippen LogP contribution in [-0.2, 0) is 14.3 Å². The smallest absolute Gasteiger partial charge is 0.408 e. The number of carbonyl (C=O) groups is 3. The molecule has 0 spiro atoms. The standard InChI is InChI=1S/C28H34ClN3O5/c1-8-32(26(35)22(16-17(2)3)30-27(36)37-28(5,6)7)24(19-12-14-20(33)15-13-19)25(34)31-23-18(4)10-9-11-21(23)29/h1,9-15,17,22,24,33H,16H2,2-7H3,(H,30,36)(H,31,34). The predicted molar refractivity (Wildman–Crippen MR) is 144 cm³/mol. The summed E-state index contributed by atoms with van der Waals surface area (Å²) in [5.41, 5.74) is 0.677. The molecule has 0 radical (unpaired) electrons. The molecule has 0 fully saturated rings. The van der Waals surface area contributed by atoms with Crippen molar-refractivity contribution in [2.45, 2.75) is 65.6 Å². The molecule has 0 bridgehead atoms. The monoisotopic (exact) mass is 527 g/mol. The molecule has 0 saturated heterocycles. The van der Waals surface area contributed by atoms with Crippen LogP contribution in [0.3, 0.4) is 0 Å². The molecule has 0 aliphatic rings. The summed E-state index contributed by atoms with van der Waals surface area (Å²) in [6.45, 7) is 10.7. The first-order valence-electron chi connectivity index (χ1n) is 11.9. The molecule has 9 heteroatoms. The van der Waals surface area contributed by atoms with Crippen molar-refractivity contribution >= 4 is 35.2 Å². The maximum absolute atomic E-state index is 13.7. The molecule has 2 aromatic rings. The van der Waals surface area contributed by atoms with E-state index in [9.17, 15) is 19.5 Å². The third kappa shape index (κ3) is 8.43. The second-order valence-corrected chi connectivity index (χ2v) is 10.5. The van der Waals surface area contributed by atoms with Gasteiger partial charge in [-0.1, -0.05) is 56.1 Å². The number of aromatic hydroxyl groups is 1. The van der Waals surface area contributed by atoms with Gasteiger partial charge in [-0.15, -0.1) is 0 Å². The Bertz CT molecular complexity index is 1150. The number of anilines is 1. The highest BCUT2D eigenvalue weighted by Crippen LogP contribution is 2.30. The van der Waals surface area contributed by atoms with Gasteiger partial charge in [0.05, 0.1) is 10.7 Å². The van der Waals surface area contributed by atoms with Gasteiger partial charge in [-0.05, 0) is 69.4 Å². The zero-order valence-electron chi connectivity index (χ0n) is 22.0. The fourth-order valence-electron chi connectivity index (χ4n) is 3.63. The number of aryl methyl sites for hydroxylation is 1. The number of nitrogens with zero attached hydrogens (tertiary/aromatic N) is 1. The number of hydrogen-bond donors (Lipinski definition) is 3. The van der Waals surface area contributed by atoms with Gasteiger partial charge < -0.3 is 20.5 Å². The minimum Gasteiger partial charge on any atom is -0.508 e. The van der Waals surface area contributed by atoms with Gasteiger partial charge in [0, 0.05) is 6.04 Å². The number of hydrogen-bond acceptors (Lipinski definition) is 5. The Hall–Kier alpha value is -3.70. The molecule has 8 nitrogen and oxygen atoms in total. The fraction of sp³-hybridized carbons (Fsp3) is 0.393. The fourth-order valence-corrected chi connectivity index (χ4v) is 3.90. The van der Waals surface area contributed by atoms with E-state index in [-0.39, 0.29) is 18.1 Å². The summed E-state index contributed by atoms with van der Waals surface area (Å²) in [7, 11) is 0. The minimum atomic E-state index is -1.29. The van der Waals surface area contributed by atoms with Gasteiger partial charge in [0.1, 0.15) is 23.4 Å². The number of benzene rings is 2. The summed E-state index contributed by atoms with van der Waals surface area (Å²) >= 11 is 6.31. The molecule has 2 aromatic carbocycles. The summed E-state index contributed by atoms with van der Waals surface area (Å²) in [4.78, 5) is 40.8. The third-order valence-corrected chi connectivity index (χ3v) is 5.57. The van der Waals surface area contributed by atoms with E-state index in [2.05, 4.69) is 16.7 Å². The zero-order valence-corrected chi connectivity index (χ0v) is 22.7. The van der Waals surface area contributed by atoms with Gasteiger partial charge in [-0.2, -0.15) is 0 Å². The van der Waals surface area contributed by atoms with Crippen molar-refractivity contribution in [2.75, 3.05) is 5.32 Å². The van der Waals surface area contributed by atoms with Crippen LogP contribution in [0.4, 0.5) is 10.5 Å². The summed E-state index contributed by atoms with van der Waals surface area (Å²) in [5, 5.41) is 15.5. The molecule has 0 aromatic heterocycles. The second-order valence-electron chi connectivity index (χ2n) is 10.1. The Morgan fingerprint density at radius 1 is 1.14 bits per heavy atom. The summed E-state index contributed by atoms with van der Waals surface area (Å²) < 4.78 is 5.33. The molecule has 2 atom stereocenters. The number of phenolic OH excluding ortho intramolecular Hbond substituents is 1. The van der Waals surface area contributed by atoms with Crippen LogP contribution >= 0.6 is 11.6 Å². The average Bonchev–Trinajstić information content (AvgIpc) is 2.78. The first kappa shape index (κ1) is 29.5. The van der Waals surface area contributed by atoms with Crippen molar-refractivity contribution in [2.24, 2.45) is 5.92 Å². The quantitative estimate of drug-likeness (QED) is 0.315. The number of alkyl carbamates (subject to hydrolysis) is 1. The Kier molecular flexibility index (Phi) is 9.98. The van der Waals surface area contributed by atoms with E-state index < -0.39 is 35.6 Å². The largest absolute Gasteiger partial charge is 0.508 e. The number of rotatable bonds is 8. The van der Waals surface area contributed by atoms with Crippen LogP contribution in [0.15, 0.2) is 42.5 Å². The number of ether oxygens (including phenoxy) is 1. The van der Waals surface area contributed by atoms with Crippen molar-refractivity contribution in [1.29, 1.82) is 0 Å². The molecule has 2 unspecified atom stereocenters. The number of carbonyl (C=O) groups excluding carboxylic acids is 3. The highest BCUT2D eigenvalue weighted by atomic mass is 35.5. The number of para-hydroxylation sites is 1. The van der Waals surface area contributed by atoms with E-state index in [1.165, 1.54) is 24.3 Å². The summed E-state index contributed by atoms with van der Waals surface area (Å²) in [6, 6.07) is 10.9. The van der Waals surface area contributed by atoms with Crippen LogP contribution in [0.2, 0.25) is 5.02 Å². The number of phenols is 1. The van der Waals surface area contributed by atoms with E-state index in [1.807, 2.05) is 13.8 Å². The van der Waals surface area contributed by atoms with Crippen molar-refractivity contribution in [3.63, 3.8) is 0 Å². The van der Waals surface area contributed by atoms with Crippen molar-refractivity contribution in [3.8, 4) is 18.2 Å². The van der Waals surface area contributed by atoms with Crippen LogP contribution < -0.4 is 10.6 Å². The lowest BCUT2D eigenvalue weighted by molar-refractivity contribution is -0.137. The van der Waals surface area contributed by atoms with Crippen LogP contribution in [-0.4, -0.2) is 39.6 Å². The number of nitrogens with one attached hydrogen (secondary N) is 2. The summed E-state index contributed by atoms with van der Waals surface area (Å²) in [5.74, 6) is -1.29. The van der Waals surface area contributed by atoms with Gasteiger partial charge in [-0.3, -0.25) is 14.5 Å². The third-order valence-electron chi connectivity index (χ3n) is 5.26. The molecular weight excluding hydrogens is 494 g/mol. The first-order valence-corrected chi connectivity index (χ1v) is 12.2. The van der Waals surface area contributed by atoms with Crippen molar-refractivity contribution in [1.82, 2.24) is 10.2 Å². The Labute approximate surface area is 223 Å². The maximum atomic E-state index is 13.7. The topological polar surface area (TPSA) is 108 Å². The van der Waals surface area contributed by atoms with Crippen molar-refractivity contribution < 1.29 is 24.2 Å². The van der Waals surface area contributed by atoms with E-state index in [0.717, 1.165) is 4.90 Å². The molecule has 2 rings (SSSR count). The van der Waals surface area contributed by atoms with Crippen LogP contribution in [0.5, 0.6) is 5.75 Å². The highest BCUT2D eigenvalue weighted by Gasteiger charge is 2.36. The molecule has 0 aliphatic heterocycles. The van der Waals surface area contributed by atoms with E-state index in [4.69, 9.17) is 22.8 Å². The lowest BCUT2D eigenvalue weighted by Gasteiger charge is -2.31. The normalized spacial score (nSPS) is 12.7. The lowest BCUT2D eigenvalue weighted by Crippen LogP contribution is -2.51. The predicted octanol–water partition coefficient (Wildman–Crippen LogP) is 5.39. The van der Waals surface area contributed by atoms with Gasteiger partial charge in [-0.25, -0.2) is 4.79 Å². The average molecular weight is 528 g/mol. The minimum absolute atomic E-state index is 0.00948. The molecule has 198 valence electrons. The summed E-state index contributed by atoms with van der Waals surface area (Å²) in [6.07, 6.45) is 5.27. The highest BCUT2D eigenvalue weighted by molar-refractivity contribution is 6.34. The SMILES string of the molecule is C#CN(C(=O)C(CC(C)C)NC(=O)OC(C)(C)C)C(C(=O)Nc1c(C)cccc1Cl)c1ccc(O)cc1. The van der Waals surface area contributed by atoms with Gasteiger partial charge >= 0.3 is 6.09 Å². The lowest BCUT2D eigenvalue weighted by atomic mass is 9.99. The van der Waals surface area contributed by atoms with E-state index in [0.29, 0.717) is 21.8 Å². The number of amides is 3. The second kappa shape index (κ2) is 12.5. The maximum Gasteiger partial charge on any atom is 0.408 e. The zero-order chi connectivity index (χ0) is 27.9. The Morgan fingerprint density at radius 2 is 1.76 bits per heavy atom. The van der Waals surface area contributed by atoms with Crippen molar-refractivity contribution in [3.05, 3.63) is 58.6 Å². The molecular formula is C28H34ClN3O5. The first-order chi connectivity index (χ1) is 17.2. The molecule has 37 heavy (non-hydrogen) atoms. The van der Waals surface area contributed by atoms with E-state index in [1.54, 1.807) is 45.9 Å². The van der Waals surface area contributed by atoms with Gasteiger partial charge in [0.25, 0.3) is 11.8 Å². The van der Waals surface area contributed by atoms with Gasteiger partial charge in [0.2, 0.25) is 0 Å². The Morgan fingerprint density at radius 3 is 2.27 bits per heavy atom.